The molecule has 7 nitrogen and oxygen atoms in total. The maximum Gasteiger partial charge on any atom is 0.338 e. The molecule has 0 bridgehead atoms. The Balaban J connectivity index is 0.00000338. The first-order valence-electron chi connectivity index (χ1n) is 7.67. The van der Waals surface area contributed by atoms with Gasteiger partial charge in [-0.2, -0.15) is 0 Å². The van der Waals surface area contributed by atoms with Crippen molar-refractivity contribution in [3.63, 3.8) is 0 Å². The maximum absolute atomic E-state index is 12.4. The molecule has 0 aliphatic carbocycles. The van der Waals surface area contributed by atoms with Crippen molar-refractivity contribution in [3.8, 4) is 5.75 Å². The van der Waals surface area contributed by atoms with E-state index in [-0.39, 0.29) is 24.8 Å². The van der Waals surface area contributed by atoms with Gasteiger partial charge in [0.1, 0.15) is 11.8 Å². The molecule has 9 heteroatoms. The molecule has 0 fully saturated rings. The Morgan fingerprint density at radius 3 is 2.50 bits per heavy atom. The Labute approximate surface area is 162 Å². The molecule has 2 N–H and O–H groups in total. The third-order valence-electron chi connectivity index (χ3n) is 3.48. The normalized spacial score (nSPS) is 16.1. The van der Waals surface area contributed by atoms with Crippen LogP contribution >= 0.6 is 24.2 Å². The van der Waals surface area contributed by atoms with Crippen LogP contribution < -0.4 is 10.1 Å². The highest BCUT2D eigenvalue weighted by molar-refractivity contribution is 8.14. The van der Waals surface area contributed by atoms with Crippen molar-refractivity contribution in [2.75, 3.05) is 19.5 Å². The number of aliphatic carboxylic acids is 1. The van der Waals surface area contributed by atoms with E-state index < -0.39 is 18.0 Å². The molecule has 26 heavy (non-hydrogen) atoms. The molecule has 1 aromatic carbocycles. The van der Waals surface area contributed by atoms with Gasteiger partial charge in [0.2, 0.25) is 0 Å². The molecule has 0 radical (unpaired) electrons. The van der Waals surface area contributed by atoms with Gasteiger partial charge in [-0.1, -0.05) is 23.9 Å². The molecule has 1 atom stereocenters. The Morgan fingerprint density at radius 1 is 1.31 bits per heavy atom. The molecular formula is C17H21ClN2O5S. The van der Waals surface area contributed by atoms with Gasteiger partial charge in [0.05, 0.1) is 25.0 Å². The topological polar surface area (TPSA) is 97.2 Å². The molecule has 0 aromatic heterocycles. The van der Waals surface area contributed by atoms with E-state index in [0.717, 1.165) is 17.3 Å². The second-order valence-electron chi connectivity index (χ2n) is 5.18. The highest BCUT2D eigenvalue weighted by atomic mass is 35.5. The van der Waals surface area contributed by atoms with Gasteiger partial charge in [-0.15, -0.1) is 12.4 Å². The fourth-order valence-corrected chi connectivity index (χ4v) is 3.02. The number of benzene rings is 1. The summed E-state index contributed by atoms with van der Waals surface area (Å²) in [5.74, 6) is -0.809. The van der Waals surface area contributed by atoms with Crippen LogP contribution in [0, 0.1) is 0 Å². The Hall–Kier alpha value is -2.19. The number of hydrogen-bond acceptors (Lipinski definition) is 7. The summed E-state index contributed by atoms with van der Waals surface area (Å²) in [7, 11) is 1.58. The van der Waals surface area contributed by atoms with E-state index in [2.05, 4.69) is 10.3 Å². The van der Waals surface area contributed by atoms with Crippen molar-refractivity contribution >= 4 is 41.3 Å². The summed E-state index contributed by atoms with van der Waals surface area (Å²) in [6.45, 7) is 3.75. The molecule has 1 unspecified atom stereocenters. The van der Waals surface area contributed by atoms with E-state index in [1.54, 1.807) is 33.1 Å². The van der Waals surface area contributed by atoms with Crippen molar-refractivity contribution < 1.29 is 24.2 Å². The zero-order valence-corrected chi connectivity index (χ0v) is 16.3. The summed E-state index contributed by atoms with van der Waals surface area (Å²) >= 11 is 1.07. The van der Waals surface area contributed by atoms with Crippen LogP contribution in [-0.4, -0.2) is 41.7 Å². The lowest BCUT2D eigenvalue weighted by Crippen LogP contribution is -2.31. The quantitative estimate of drug-likeness (QED) is 0.708. The van der Waals surface area contributed by atoms with E-state index in [4.69, 9.17) is 14.6 Å². The third-order valence-corrected chi connectivity index (χ3v) is 4.35. The predicted molar refractivity (Wildman–Crippen MR) is 103 cm³/mol. The molecule has 1 aliphatic heterocycles. The number of rotatable bonds is 6. The Kier molecular flexibility index (Phi) is 8.47. The monoisotopic (exact) mass is 400 g/mol. The van der Waals surface area contributed by atoms with Gasteiger partial charge >= 0.3 is 11.9 Å². The average molecular weight is 401 g/mol. The number of esters is 1. The molecular weight excluding hydrogens is 380 g/mol. The number of ether oxygens (including phenoxy) is 2. The van der Waals surface area contributed by atoms with Crippen LogP contribution in [-0.2, 0) is 14.3 Å². The standard InChI is InChI=1S/C17H20N2O5S.ClH/c1-4-24-16(22)14-10(2)18-17(25-9-13(20)21)19-15(14)11-5-7-12(23-3)8-6-11;/h5-8,15H,4,9H2,1-3H3,(H,18,19)(H,20,21);1H. The number of nitrogens with zero attached hydrogens (tertiary/aromatic N) is 1. The zero-order valence-electron chi connectivity index (χ0n) is 14.6. The minimum atomic E-state index is -0.937. The Bertz CT molecular complexity index is 718. The van der Waals surface area contributed by atoms with Gasteiger partial charge in [0, 0.05) is 5.70 Å². The summed E-state index contributed by atoms with van der Waals surface area (Å²) in [5.41, 5.74) is 1.80. The molecule has 1 aliphatic rings. The van der Waals surface area contributed by atoms with E-state index in [1.165, 1.54) is 0 Å². The van der Waals surface area contributed by atoms with E-state index in [1.807, 2.05) is 12.1 Å². The highest BCUT2D eigenvalue weighted by Gasteiger charge is 2.30. The average Bonchev–Trinajstić information content (AvgIpc) is 2.59. The van der Waals surface area contributed by atoms with E-state index in [0.29, 0.717) is 22.2 Å². The van der Waals surface area contributed by atoms with Gasteiger partial charge in [-0.25, -0.2) is 9.79 Å². The van der Waals surface area contributed by atoms with Crippen LogP contribution in [0.15, 0.2) is 40.5 Å². The van der Waals surface area contributed by atoms with Crippen LogP contribution in [0.3, 0.4) is 0 Å². The lowest BCUT2D eigenvalue weighted by molar-refractivity contribution is -0.139. The maximum atomic E-state index is 12.4. The summed E-state index contributed by atoms with van der Waals surface area (Å²) in [6.07, 6.45) is 0. The number of allylic oxidation sites excluding steroid dienone is 1. The SMILES string of the molecule is CCOC(=O)C1=C(C)NC(SCC(=O)O)=NC1c1ccc(OC)cc1.Cl. The zero-order chi connectivity index (χ0) is 18.4. The fraction of sp³-hybridized carbons (Fsp3) is 0.353. The van der Waals surface area contributed by atoms with Crippen LogP contribution in [0.2, 0.25) is 0 Å². The first kappa shape index (κ1) is 21.9. The van der Waals surface area contributed by atoms with Crippen molar-refractivity contribution in [3.05, 3.63) is 41.1 Å². The van der Waals surface area contributed by atoms with Crippen LogP contribution in [0.25, 0.3) is 0 Å². The number of methoxy groups -OCH3 is 1. The summed E-state index contributed by atoms with van der Waals surface area (Å²) in [5, 5.41) is 12.3. The van der Waals surface area contributed by atoms with Gasteiger partial charge in [-0.3, -0.25) is 4.79 Å². The second-order valence-corrected chi connectivity index (χ2v) is 6.14. The van der Waals surface area contributed by atoms with Crippen molar-refractivity contribution in [2.45, 2.75) is 19.9 Å². The van der Waals surface area contributed by atoms with Crippen LogP contribution in [0.1, 0.15) is 25.5 Å². The number of hydrogen-bond donors (Lipinski definition) is 2. The second kappa shape index (κ2) is 10.1. The van der Waals surface area contributed by atoms with Crippen molar-refractivity contribution in [1.82, 2.24) is 5.32 Å². The number of nitrogens with one attached hydrogen (secondary N) is 1. The van der Waals surface area contributed by atoms with Crippen molar-refractivity contribution in [1.29, 1.82) is 0 Å². The fourth-order valence-electron chi connectivity index (χ4n) is 2.35. The van der Waals surface area contributed by atoms with Gasteiger partial charge < -0.3 is 19.9 Å². The first-order chi connectivity index (χ1) is 12.0. The smallest absolute Gasteiger partial charge is 0.338 e. The minimum Gasteiger partial charge on any atom is -0.497 e. The van der Waals surface area contributed by atoms with Gasteiger partial charge in [0.25, 0.3) is 0 Å². The number of aliphatic imine (C=N–C) groups is 1. The van der Waals surface area contributed by atoms with Crippen LogP contribution in [0.5, 0.6) is 5.75 Å². The number of amidine groups is 1. The summed E-state index contributed by atoms with van der Waals surface area (Å²) in [4.78, 5) is 27.7. The van der Waals surface area contributed by atoms with E-state index in [9.17, 15) is 9.59 Å². The van der Waals surface area contributed by atoms with Crippen molar-refractivity contribution in [2.24, 2.45) is 4.99 Å². The molecule has 2 rings (SSSR count). The summed E-state index contributed by atoms with van der Waals surface area (Å²) in [6, 6.07) is 6.65. The number of carbonyl (C=O) groups is 2. The number of carbonyl (C=O) groups excluding carboxylic acids is 1. The highest BCUT2D eigenvalue weighted by Crippen LogP contribution is 2.33. The molecule has 0 spiro atoms. The number of carboxylic acid groups (broad SMARTS) is 1. The molecule has 1 aromatic rings. The first-order valence-corrected chi connectivity index (χ1v) is 8.66. The number of halogens is 1. The van der Waals surface area contributed by atoms with Gasteiger partial charge in [-0.05, 0) is 31.5 Å². The molecule has 142 valence electrons. The number of thioether (sulfide) groups is 1. The lowest BCUT2D eigenvalue weighted by atomic mass is 9.96. The largest absolute Gasteiger partial charge is 0.497 e. The lowest BCUT2D eigenvalue weighted by Gasteiger charge is -2.25. The molecule has 0 saturated heterocycles. The predicted octanol–water partition coefficient (Wildman–Crippen LogP) is 2.77. The summed E-state index contributed by atoms with van der Waals surface area (Å²) < 4.78 is 10.3. The molecule has 0 amide bonds. The minimum absolute atomic E-state index is 0. The Morgan fingerprint density at radius 2 is 1.96 bits per heavy atom. The third kappa shape index (κ3) is 5.40. The number of carboxylic acids is 1. The van der Waals surface area contributed by atoms with Crippen LogP contribution in [0.4, 0.5) is 0 Å². The molecule has 0 saturated carbocycles. The van der Waals surface area contributed by atoms with E-state index >= 15 is 0 Å². The van der Waals surface area contributed by atoms with Gasteiger partial charge in [0.15, 0.2) is 5.17 Å². The molecule has 1 heterocycles.